The van der Waals surface area contributed by atoms with Crippen LogP contribution in [0.25, 0.3) is 132 Å². The molecule has 1 aliphatic carbocycles. The Labute approximate surface area is 440 Å². The van der Waals surface area contributed by atoms with Gasteiger partial charge in [0.25, 0.3) is 0 Å². The van der Waals surface area contributed by atoms with Crippen LogP contribution >= 0.6 is 11.3 Å². The number of hydrogen-bond donors (Lipinski definition) is 0. The second-order valence-corrected chi connectivity index (χ2v) is 20.8. The van der Waals surface area contributed by atoms with E-state index in [0.717, 1.165) is 82.6 Å². The van der Waals surface area contributed by atoms with E-state index >= 15 is 0 Å². The average molecular weight is 988 g/mol. The predicted octanol–water partition coefficient (Wildman–Crippen LogP) is 18.7. The van der Waals surface area contributed by atoms with Gasteiger partial charge in [-0.1, -0.05) is 194 Å². The monoisotopic (exact) mass is 987 g/mol. The number of fused-ring (bicyclic) bond motifs is 12. The van der Waals surface area contributed by atoms with E-state index in [-0.39, 0.29) is 0 Å². The number of furan rings is 2. The summed E-state index contributed by atoms with van der Waals surface area (Å²) in [5.41, 5.74) is 17.5. The lowest BCUT2D eigenvalue weighted by Crippen LogP contribution is -2.28. The summed E-state index contributed by atoms with van der Waals surface area (Å²) in [5, 5.41) is 6.36. The normalized spacial score (nSPS) is 12.8. The van der Waals surface area contributed by atoms with E-state index in [4.69, 9.17) is 23.8 Å². The highest BCUT2D eigenvalue weighted by Crippen LogP contribution is 2.58. The van der Waals surface area contributed by atoms with E-state index in [1.807, 2.05) is 30.3 Å². The molecule has 4 aromatic heterocycles. The summed E-state index contributed by atoms with van der Waals surface area (Å²) >= 11 is 1.78. The second kappa shape index (κ2) is 16.6. The highest BCUT2D eigenvalue weighted by molar-refractivity contribution is 7.25. The zero-order valence-corrected chi connectivity index (χ0v) is 41.6. The number of aromatic nitrogens is 3. The number of thiophene rings is 1. The van der Waals surface area contributed by atoms with E-state index in [1.54, 1.807) is 11.3 Å². The van der Waals surface area contributed by atoms with Crippen molar-refractivity contribution in [1.82, 2.24) is 15.0 Å². The Hall–Kier alpha value is -9.75. The van der Waals surface area contributed by atoms with Gasteiger partial charge in [0.2, 0.25) is 0 Å². The third-order valence-electron chi connectivity index (χ3n) is 15.6. The first kappa shape index (κ1) is 42.7. The van der Waals surface area contributed by atoms with E-state index in [0.29, 0.717) is 17.5 Å². The van der Waals surface area contributed by atoms with Crippen LogP contribution < -0.4 is 0 Å². The molecule has 0 radical (unpaired) electrons. The molecule has 5 nitrogen and oxygen atoms in total. The van der Waals surface area contributed by atoms with Crippen molar-refractivity contribution in [2.75, 3.05) is 0 Å². The number of nitrogens with zero attached hydrogens (tertiary/aromatic N) is 3. The molecule has 0 amide bonds. The van der Waals surface area contributed by atoms with Crippen LogP contribution in [-0.2, 0) is 5.41 Å². The number of benzene rings is 11. The van der Waals surface area contributed by atoms with Crippen LogP contribution in [0.2, 0.25) is 0 Å². The third kappa shape index (κ3) is 6.35. The zero-order valence-electron chi connectivity index (χ0n) is 40.7. The molecule has 0 N–H and O–H groups in total. The molecule has 0 unspecified atom stereocenters. The van der Waals surface area contributed by atoms with E-state index in [1.165, 1.54) is 53.7 Å². The lowest BCUT2D eigenvalue weighted by Gasteiger charge is -2.34. The van der Waals surface area contributed by atoms with E-state index in [2.05, 4.69) is 218 Å². The summed E-state index contributed by atoms with van der Waals surface area (Å²) in [4.78, 5) is 16.1. The van der Waals surface area contributed by atoms with Crippen molar-refractivity contribution in [2.24, 2.45) is 0 Å². The third-order valence-corrected chi connectivity index (χ3v) is 16.8. The Morgan fingerprint density at radius 3 is 1.70 bits per heavy atom. The predicted molar refractivity (Wildman–Crippen MR) is 312 cm³/mol. The van der Waals surface area contributed by atoms with Crippen molar-refractivity contribution in [2.45, 2.75) is 5.41 Å². The first-order valence-corrected chi connectivity index (χ1v) is 26.5. The van der Waals surface area contributed by atoms with Gasteiger partial charge in [-0.3, -0.25) is 0 Å². The Bertz CT molecular complexity index is 4800. The molecule has 6 heteroatoms. The minimum absolute atomic E-state index is 0.485. The summed E-state index contributed by atoms with van der Waals surface area (Å²) in [6, 6.07) is 88.9. The van der Waals surface area contributed by atoms with Gasteiger partial charge in [-0.15, -0.1) is 11.3 Å². The maximum Gasteiger partial charge on any atom is 0.164 e. The molecule has 15 aromatic rings. The van der Waals surface area contributed by atoms with Crippen LogP contribution in [0.4, 0.5) is 0 Å². The minimum Gasteiger partial charge on any atom is -0.456 e. The molecule has 4 heterocycles. The molecule has 11 aromatic carbocycles. The van der Waals surface area contributed by atoms with Gasteiger partial charge in [-0.25, -0.2) is 15.0 Å². The summed E-state index contributed by atoms with van der Waals surface area (Å²) < 4.78 is 15.5. The topological polar surface area (TPSA) is 65.0 Å². The van der Waals surface area contributed by atoms with Crippen LogP contribution in [-0.4, -0.2) is 15.0 Å². The van der Waals surface area contributed by atoms with Crippen LogP contribution in [0, 0.1) is 0 Å². The summed E-state index contributed by atoms with van der Waals surface area (Å²) in [5.74, 6) is 1.71. The van der Waals surface area contributed by atoms with Crippen molar-refractivity contribution >= 4 is 75.4 Å². The molecule has 76 heavy (non-hydrogen) atoms. The minimum atomic E-state index is -0.485. The van der Waals surface area contributed by atoms with E-state index < -0.39 is 5.41 Å². The van der Waals surface area contributed by atoms with E-state index in [9.17, 15) is 0 Å². The molecule has 354 valence electrons. The first-order chi connectivity index (χ1) is 37.7. The molecule has 16 rings (SSSR count). The first-order valence-electron chi connectivity index (χ1n) is 25.6. The SMILES string of the molecule is c1ccc(C2(c3ccccc3)c3ccccc3-c3c(-c4cccc(-c5ccc6oc7cccc(-c8nc(-c9ccc%10c(c9)oc9ccccc9%10)nc(-c9cccc%10sc%11ccccc%11c9%10)n8)c7c6c5)c4)cccc32)cc1. The largest absolute Gasteiger partial charge is 0.456 e. The number of rotatable bonds is 7. The molecule has 0 atom stereocenters. The molecule has 0 fully saturated rings. The smallest absolute Gasteiger partial charge is 0.164 e. The molecular weight excluding hydrogens is 947 g/mol. The van der Waals surface area contributed by atoms with Crippen molar-refractivity contribution < 1.29 is 8.83 Å². The van der Waals surface area contributed by atoms with Crippen LogP contribution in [0.1, 0.15) is 22.3 Å². The maximum atomic E-state index is 6.69. The van der Waals surface area contributed by atoms with Gasteiger partial charge in [-0.05, 0) is 110 Å². The summed E-state index contributed by atoms with van der Waals surface area (Å²) in [7, 11) is 0. The van der Waals surface area contributed by atoms with Crippen molar-refractivity contribution in [3.63, 3.8) is 0 Å². The zero-order chi connectivity index (χ0) is 49.9. The van der Waals surface area contributed by atoms with Gasteiger partial charge >= 0.3 is 0 Å². The highest BCUT2D eigenvalue weighted by Gasteiger charge is 2.46. The fourth-order valence-corrected chi connectivity index (χ4v) is 13.5. The molecule has 0 bridgehead atoms. The molecule has 0 saturated heterocycles. The summed E-state index contributed by atoms with van der Waals surface area (Å²) in [6.07, 6.45) is 0. The van der Waals surface area contributed by atoms with Gasteiger partial charge < -0.3 is 8.83 Å². The van der Waals surface area contributed by atoms with Crippen molar-refractivity contribution in [3.05, 3.63) is 271 Å². The van der Waals surface area contributed by atoms with Crippen molar-refractivity contribution in [1.29, 1.82) is 0 Å². The Balaban J connectivity index is 0.864. The van der Waals surface area contributed by atoms with Gasteiger partial charge in [0.15, 0.2) is 17.5 Å². The van der Waals surface area contributed by atoms with Gasteiger partial charge in [0, 0.05) is 58.4 Å². The Morgan fingerprint density at radius 2 is 0.855 bits per heavy atom. The van der Waals surface area contributed by atoms with Crippen LogP contribution in [0.5, 0.6) is 0 Å². The molecule has 0 spiro atoms. The Kier molecular flexibility index (Phi) is 9.35. The van der Waals surface area contributed by atoms with Gasteiger partial charge in [0.1, 0.15) is 22.3 Å². The Morgan fingerprint density at radius 1 is 0.303 bits per heavy atom. The standard InChI is InChI=1S/C70H41N3O2S/c1-3-19-46(20-4-1)70(47-21-5-2-6-22-47)56-29-10-7-24-51(56)64-48(26-14-30-57(64)70)44-18-13-17-42(39-44)43-36-38-59-55(40-43)65-53(27-15-32-60(65)74-59)68-71-67(45-35-37-50-49-23-8-11-31-58(49)75-61(50)41-45)72-69(73-68)54-28-16-34-63-66(54)52-25-9-12-33-62(52)76-63/h1-41H. The lowest BCUT2D eigenvalue weighted by molar-refractivity contribution is 0.668. The van der Waals surface area contributed by atoms with Gasteiger partial charge in [-0.2, -0.15) is 0 Å². The van der Waals surface area contributed by atoms with Crippen LogP contribution in [0.3, 0.4) is 0 Å². The number of hydrogen-bond acceptors (Lipinski definition) is 6. The van der Waals surface area contributed by atoms with Gasteiger partial charge in [0.05, 0.1) is 5.41 Å². The average Bonchev–Trinajstić information content (AvgIpc) is 4.42. The highest BCUT2D eigenvalue weighted by atomic mass is 32.1. The lowest BCUT2D eigenvalue weighted by atomic mass is 9.67. The fraction of sp³-hybridized carbons (Fsp3) is 0.0143. The van der Waals surface area contributed by atoms with Crippen LogP contribution in [0.15, 0.2) is 258 Å². The molecule has 0 saturated carbocycles. The number of para-hydroxylation sites is 1. The van der Waals surface area contributed by atoms with Crippen molar-refractivity contribution in [3.8, 4) is 67.5 Å². The molecule has 1 aliphatic rings. The second-order valence-electron chi connectivity index (χ2n) is 19.7. The quantitative estimate of drug-likeness (QED) is 0.159. The molecular formula is C70H41N3O2S. The molecule has 0 aliphatic heterocycles. The summed E-state index contributed by atoms with van der Waals surface area (Å²) in [6.45, 7) is 0. The fourth-order valence-electron chi connectivity index (χ4n) is 12.4. The maximum absolute atomic E-state index is 6.69.